The molecule has 3 unspecified atom stereocenters. The highest BCUT2D eigenvalue weighted by Gasteiger charge is 2.42. The number of hydrogen-bond donors (Lipinski definition) is 3. The summed E-state index contributed by atoms with van der Waals surface area (Å²) in [6.07, 6.45) is 1.12. The maximum atomic E-state index is 12.8. The zero-order valence-corrected chi connectivity index (χ0v) is 14.0. The van der Waals surface area contributed by atoms with Gasteiger partial charge in [-0.3, -0.25) is 9.59 Å². The maximum absolute atomic E-state index is 12.8. The molecule has 7 nitrogen and oxygen atoms in total. The third-order valence-electron chi connectivity index (χ3n) is 4.05. The lowest BCUT2D eigenvalue weighted by Crippen LogP contribution is -2.58. The molecule has 0 radical (unpaired) electrons. The summed E-state index contributed by atoms with van der Waals surface area (Å²) >= 11 is 0. The Labute approximate surface area is 131 Å². The number of carbonyl (C=O) groups is 3. The number of rotatable bonds is 5. The molecule has 1 saturated heterocycles. The average Bonchev–Trinajstić information content (AvgIpc) is 2.91. The van der Waals surface area contributed by atoms with Gasteiger partial charge in [0.1, 0.15) is 12.1 Å². The number of carboxylic acids is 1. The molecule has 22 heavy (non-hydrogen) atoms. The summed E-state index contributed by atoms with van der Waals surface area (Å²) in [5, 5.41) is 14.8. The Morgan fingerprint density at radius 3 is 2.32 bits per heavy atom. The third-order valence-corrected chi connectivity index (χ3v) is 4.05. The molecule has 0 aromatic carbocycles. The summed E-state index contributed by atoms with van der Waals surface area (Å²) in [4.78, 5) is 37.5. The van der Waals surface area contributed by atoms with E-state index in [2.05, 4.69) is 10.6 Å². The SMILES string of the molecule is CNC(C)C(=O)NC(C(=O)N1CCCC1C(=O)O)C(C)(C)C. The molecule has 3 atom stereocenters. The summed E-state index contributed by atoms with van der Waals surface area (Å²) in [6, 6.07) is -1.97. The first kappa shape index (κ1) is 18.4. The Bertz CT molecular complexity index is 445. The Morgan fingerprint density at radius 2 is 1.86 bits per heavy atom. The number of likely N-dealkylation sites (N-methyl/N-ethyl adjacent to an activating group) is 1. The quantitative estimate of drug-likeness (QED) is 0.673. The number of nitrogens with one attached hydrogen (secondary N) is 2. The zero-order chi connectivity index (χ0) is 17.1. The van der Waals surface area contributed by atoms with E-state index >= 15 is 0 Å². The molecule has 2 amide bonds. The molecule has 1 heterocycles. The molecular weight excluding hydrogens is 286 g/mol. The second kappa shape index (κ2) is 7.09. The smallest absolute Gasteiger partial charge is 0.326 e. The zero-order valence-electron chi connectivity index (χ0n) is 14.0. The van der Waals surface area contributed by atoms with Crippen molar-refractivity contribution in [2.75, 3.05) is 13.6 Å². The fourth-order valence-corrected chi connectivity index (χ4v) is 2.50. The minimum atomic E-state index is -0.992. The number of carbonyl (C=O) groups excluding carboxylic acids is 2. The summed E-state index contributed by atoms with van der Waals surface area (Å²) in [5.74, 6) is -1.59. The van der Waals surface area contributed by atoms with Crippen LogP contribution in [0.4, 0.5) is 0 Å². The lowest BCUT2D eigenvalue weighted by Gasteiger charge is -2.35. The monoisotopic (exact) mass is 313 g/mol. The molecule has 0 spiro atoms. The van der Waals surface area contributed by atoms with Crippen LogP contribution in [0, 0.1) is 5.41 Å². The molecule has 1 aliphatic heterocycles. The summed E-state index contributed by atoms with van der Waals surface area (Å²) < 4.78 is 0. The van der Waals surface area contributed by atoms with Gasteiger partial charge in [-0.2, -0.15) is 0 Å². The van der Waals surface area contributed by atoms with Crippen molar-refractivity contribution in [1.29, 1.82) is 0 Å². The molecule has 1 fully saturated rings. The molecular formula is C15H27N3O4. The topological polar surface area (TPSA) is 98.7 Å². The van der Waals surface area contributed by atoms with Crippen LogP contribution in [-0.4, -0.2) is 59.5 Å². The van der Waals surface area contributed by atoms with Crippen molar-refractivity contribution in [3.8, 4) is 0 Å². The fourth-order valence-electron chi connectivity index (χ4n) is 2.50. The number of aliphatic carboxylic acids is 1. The van der Waals surface area contributed by atoms with Crippen LogP contribution in [-0.2, 0) is 14.4 Å². The molecule has 0 aromatic heterocycles. The first-order valence-electron chi connectivity index (χ1n) is 7.60. The van der Waals surface area contributed by atoms with E-state index < -0.39 is 29.5 Å². The molecule has 0 aliphatic carbocycles. The van der Waals surface area contributed by atoms with Crippen molar-refractivity contribution in [3.05, 3.63) is 0 Å². The Hall–Kier alpha value is -1.63. The molecule has 1 rings (SSSR count). The van der Waals surface area contributed by atoms with E-state index in [9.17, 15) is 19.5 Å². The van der Waals surface area contributed by atoms with Gasteiger partial charge in [-0.1, -0.05) is 20.8 Å². The van der Waals surface area contributed by atoms with Crippen molar-refractivity contribution in [2.24, 2.45) is 5.41 Å². The standard InChI is InChI=1S/C15H27N3O4/c1-9(16-5)12(19)17-11(15(2,3)4)13(20)18-8-6-7-10(18)14(21)22/h9-11,16H,6-8H2,1-5H3,(H,17,19)(H,21,22). The van der Waals surface area contributed by atoms with Crippen LogP contribution < -0.4 is 10.6 Å². The van der Waals surface area contributed by atoms with Crippen LogP contribution in [0.3, 0.4) is 0 Å². The van der Waals surface area contributed by atoms with Gasteiger partial charge in [0.25, 0.3) is 0 Å². The largest absolute Gasteiger partial charge is 0.480 e. The molecule has 0 aromatic rings. The van der Waals surface area contributed by atoms with Crippen molar-refractivity contribution in [1.82, 2.24) is 15.5 Å². The molecule has 126 valence electrons. The minimum Gasteiger partial charge on any atom is -0.480 e. The van der Waals surface area contributed by atoms with Gasteiger partial charge >= 0.3 is 5.97 Å². The van der Waals surface area contributed by atoms with E-state index in [4.69, 9.17) is 0 Å². The number of hydrogen-bond acceptors (Lipinski definition) is 4. The Balaban J connectivity index is 2.95. The van der Waals surface area contributed by atoms with Crippen LogP contribution in [0.15, 0.2) is 0 Å². The lowest BCUT2D eigenvalue weighted by atomic mass is 9.85. The summed E-state index contributed by atoms with van der Waals surface area (Å²) in [7, 11) is 1.67. The first-order valence-corrected chi connectivity index (χ1v) is 7.60. The highest BCUT2D eigenvalue weighted by atomic mass is 16.4. The van der Waals surface area contributed by atoms with Gasteiger partial charge in [-0.15, -0.1) is 0 Å². The molecule has 0 saturated carbocycles. The summed E-state index contributed by atoms with van der Waals surface area (Å²) in [5.41, 5.74) is -0.508. The Kier molecular flexibility index (Phi) is 5.93. The van der Waals surface area contributed by atoms with E-state index in [1.807, 2.05) is 20.8 Å². The van der Waals surface area contributed by atoms with Crippen LogP contribution >= 0.6 is 0 Å². The maximum Gasteiger partial charge on any atom is 0.326 e. The van der Waals surface area contributed by atoms with Crippen molar-refractivity contribution < 1.29 is 19.5 Å². The van der Waals surface area contributed by atoms with E-state index in [1.165, 1.54) is 4.90 Å². The van der Waals surface area contributed by atoms with Crippen molar-refractivity contribution in [3.63, 3.8) is 0 Å². The Morgan fingerprint density at radius 1 is 1.27 bits per heavy atom. The average molecular weight is 313 g/mol. The van der Waals surface area contributed by atoms with Gasteiger partial charge in [0.05, 0.1) is 6.04 Å². The minimum absolute atomic E-state index is 0.276. The second-order valence-electron chi connectivity index (χ2n) is 6.85. The first-order chi connectivity index (χ1) is 10.1. The molecule has 1 aliphatic rings. The van der Waals surface area contributed by atoms with Gasteiger partial charge in [0, 0.05) is 6.54 Å². The predicted molar refractivity (Wildman–Crippen MR) is 82.3 cm³/mol. The second-order valence-corrected chi connectivity index (χ2v) is 6.85. The van der Waals surface area contributed by atoms with Crippen LogP contribution in [0.1, 0.15) is 40.5 Å². The number of likely N-dealkylation sites (tertiary alicyclic amines) is 1. The van der Waals surface area contributed by atoms with Crippen molar-refractivity contribution >= 4 is 17.8 Å². The molecule has 3 N–H and O–H groups in total. The van der Waals surface area contributed by atoms with E-state index in [-0.39, 0.29) is 11.8 Å². The van der Waals surface area contributed by atoms with Crippen LogP contribution in [0.2, 0.25) is 0 Å². The van der Waals surface area contributed by atoms with Gasteiger partial charge in [-0.25, -0.2) is 4.79 Å². The molecule has 0 bridgehead atoms. The number of amides is 2. The molecule has 7 heteroatoms. The van der Waals surface area contributed by atoms with Gasteiger partial charge in [0.2, 0.25) is 11.8 Å². The van der Waals surface area contributed by atoms with Crippen LogP contribution in [0.25, 0.3) is 0 Å². The lowest BCUT2D eigenvalue weighted by molar-refractivity contribution is -0.150. The highest BCUT2D eigenvalue weighted by Crippen LogP contribution is 2.25. The van der Waals surface area contributed by atoms with E-state index in [0.29, 0.717) is 19.4 Å². The number of carboxylic acid groups (broad SMARTS) is 1. The normalized spacial score (nSPS) is 21.3. The van der Waals surface area contributed by atoms with Crippen LogP contribution in [0.5, 0.6) is 0 Å². The van der Waals surface area contributed by atoms with Gasteiger partial charge in [-0.05, 0) is 32.2 Å². The third kappa shape index (κ3) is 4.19. The van der Waals surface area contributed by atoms with Gasteiger partial charge < -0.3 is 20.6 Å². The predicted octanol–water partition coefficient (Wildman–Crippen LogP) is 0.201. The summed E-state index contributed by atoms with van der Waals surface area (Å²) in [6.45, 7) is 7.68. The van der Waals surface area contributed by atoms with Crippen molar-refractivity contribution in [2.45, 2.75) is 58.7 Å². The van der Waals surface area contributed by atoms with Gasteiger partial charge in [0.15, 0.2) is 0 Å². The number of nitrogens with zero attached hydrogens (tertiary/aromatic N) is 1. The highest BCUT2D eigenvalue weighted by molar-refractivity contribution is 5.92. The van der Waals surface area contributed by atoms with E-state index in [1.54, 1.807) is 14.0 Å². The fraction of sp³-hybridized carbons (Fsp3) is 0.800. The van der Waals surface area contributed by atoms with E-state index in [0.717, 1.165) is 0 Å².